The van der Waals surface area contributed by atoms with E-state index >= 15 is 0 Å². The zero-order valence-electron chi connectivity index (χ0n) is 27.1. The summed E-state index contributed by atoms with van der Waals surface area (Å²) in [6.07, 6.45) is 17.5. The molecule has 0 fully saturated rings. The number of esters is 2. The molecule has 0 rings (SSSR count). The molecule has 0 bridgehead atoms. The summed E-state index contributed by atoms with van der Waals surface area (Å²) in [6.45, 7) is 2.64. The van der Waals surface area contributed by atoms with Crippen LogP contribution in [-0.4, -0.2) is 69.4 Å². The molecule has 0 radical (unpaired) electrons. The van der Waals surface area contributed by atoms with Crippen LogP contribution in [0.3, 0.4) is 0 Å². The molecule has 0 aromatic rings. The van der Waals surface area contributed by atoms with Gasteiger partial charge in [-0.1, -0.05) is 142 Å². The molecule has 0 saturated heterocycles. The summed E-state index contributed by atoms with van der Waals surface area (Å²) in [7, 11) is 0. The van der Waals surface area contributed by atoms with Gasteiger partial charge in [0.1, 0.15) is 24.0 Å². The zero-order chi connectivity index (χ0) is 32.3. The molecule has 0 aliphatic heterocycles. The third-order valence-electron chi connectivity index (χ3n) is 8.15. The number of aliphatic hydroxyl groups is 4. The summed E-state index contributed by atoms with van der Waals surface area (Å²) in [5, 5.41) is 38.3. The van der Waals surface area contributed by atoms with Gasteiger partial charge in [0.25, 0.3) is 0 Å². The van der Waals surface area contributed by atoms with Crippen LogP contribution in [-0.2, 0) is 23.9 Å². The Morgan fingerprint density at radius 2 is 0.721 bits per heavy atom. The van der Waals surface area contributed by atoms with E-state index in [1.165, 1.54) is 64.2 Å². The van der Waals surface area contributed by atoms with Gasteiger partial charge >= 0.3 is 11.9 Å². The molecule has 4 N–H and O–H groups in total. The van der Waals surface area contributed by atoms with Crippen LogP contribution in [0.25, 0.3) is 0 Å². The van der Waals surface area contributed by atoms with Crippen molar-refractivity contribution in [1.29, 1.82) is 0 Å². The number of hydrogen-bond donors (Lipinski definition) is 4. The summed E-state index contributed by atoms with van der Waals surface area (Å²) in [6, 6.07) is 0. The largest absolute Gasteiger partial charge is 0.393 e. The van der Waals surface area contributed by atoms with Crippen molar-refractivity contribution in [2.75, 3.05) is 13.2 Å². The molecule has 0 amide bonds. The molecule has 4 atom stereocenters. The lowest BCUT2D eigenvalue weighted by molar-refractivity contribution is -0.169. The Bertz CT molecular complexity index is 679. The maximum absolute atomic E-state index is 12.9. The number of aliphatic hydroxyl groups excluding tert-OH is 4. The zero-order valence-corrected chi connectivity index (χ0v) is 27.1. The number of ketones is 2. The van der Waals surface area contributed by atoms with Crippen LogP contribution in [0.15, 0.2) is 0 Å². The van der Waals surface area contributed by atoms with Gasteiger partial charge in [0.15, 0.2) is 11.6 Å². The minimum atomic E-state index is -1.78. The number of rotatable bonds is 30. The van der Waals surface area contributed by atoms with E-state index in [4.69, 9.17) is 4.74 Å². The first kappa shape index (κ1) is 41.3. The second-order valence-corrected chi connectivity index (χ2v) is 12.0. The molecule has 0 aromatic heterocycles. The van der Waals surface area contributed by atoms with Crippen molar-refractivity contribution < 1.29 is 44.3 Å². The van der Waals surface area contributed by atoms with E-state index in [1.54, 1.807) is 0 Å². The van der Waals surface area contributed by atoms with Gasteiger partial charge in [-0.3, -0.25) is 19.2 Å². The highest BCUT2D eigenvalue weighted by atomic mass is 16.6. The number of Topliss-reactive ketones (excluding diaryl/α,β-unsaturated/α-hetero) is 2. The second kappa shape index (κ2) is 27.8. The van der Waals surface area contributed by atoms with E-state index in [0.717, 1.165) is 51.4 Å². The fourth-order valence-corrected chi connectivity index (χ4v) is 5.31. The van der Waals surface area contributed by atoms with E-state index < -0.39 is 60.8 Å². The topological polar surface area (TPSA) is 158 Å². The predicted octanol–water partition coefficient (Wildman–Crippen LogP) is 5.76. The fraction of sp³-hybridized carbons (Fsp3) is 0.882. The van der Waals surface area contributed by atoms with Crippen LogP contribution in [0.1, 0.15) is 155 Å². The number of carbonyl (C=O) groups is 4. The number of ether oxygens (including phenoxy) is 1. The summed E-state index contributed by atoms with van der Waals surface area (Å²) >= 11 is 0. The number of hydrogen-bond acceptors (Lipinski definition) is 9. The summed E-state index contributed by atoms with van der Waals surface area (Å²) in [4.78, 5) is 51.2. The van der Waals surface area contributed by atoms with Crippen molar-refractivity contribution >= 4 is 23.5 Å². The Morgan fingerprint density at radius 1 is 0.465 bits per heavy atom. The standard InChI is InChI=1S/C34H62O9/c1-3-5-7-9-11-13-15-17-19-21-23-27(31(39)29(37)25-35)33(41)43-34(42)28(32(40)30(38)26-36)24-22-20-18-16-14-12-10-8-6-4-2/h27-30,35-38H,3-26H2,1-2H3. The lowest BCUT2D eigenvalue weighted by Gasteiger charge is -2.20. The Balaban J connectivity index is 4.94. The highest BCUT2D eigenvalue weighted by Crippen LogP contribution is 2.21. The van der Waals surface area contributed by atoms with E-state index in [-0.39, 0.29) is 12.8 Å². The monoisotopic (exact) mass is 614 g/mol. The molecular weight excluding hydrogens is 552 g/mol. The van der Waals surface area contributed by atoms with Gasteiger partial charge in [0.05, 0.1) is 13.2 Å². The van der Waals surface area contributed by atoms with Crippen molar-refractivity contribution in [2.45, 2.75) is 167 Å². The summed E-state index contributed by atoms with van der Waals surface area (Å²) in [5.74, 6) is -7.09. The number of carbonyl (C=O) groups excluding carboxylic acids is 4. The van der Waals surface area contributed by atoms with E-state index in [1.807, 2.05) is 0 Å². The predicted molar refractivity (Wildman–Crippen MR) is 167 cm³/mol. The van der Waals surface area contributed by atoms with Crippen molar-refractivity contribution in [2.24, 2.45) is 11.8 Å². The third-order valence-corrected chi connectivity index (χ3v) is 8.15. The highest BCUT2D eigenvalue weighted by molar-refractivity contribution is 6.08. The van der Waals surface area contributed by atoms with Crippen LogP contribution in [0.2, 0.25) is 0 Å². The lowest BCUT2D eigenvalue weighted by atomic mass is 9.92. The minimum Gasteiger partial charge on any atom is -0.393 e. The van der Waals surface area contributed by atoms with Crippen molar-refractivity contribution in [3.8, 4) is 0 Å². The summed E-state index contributed by atoms with van der Waals surface area (Å²) < 4.78 is 4.99. The lowest BCUT2D eigenvalue weighted by Crippen LogP contribution is -2.40. The smallest absolute Gasteiger partial charge is 0.324 e. The number of unbranched alkanes of at least 4 members (excludes halogenated alkanes) is 18. The van der Waals surface area contributed by atoms with Gasteiger partial charge in [0.2, 0.25) is 0 Å². The highest BCUT2D eigenvalue weighted by Gasteiger charge is 2.37. The maximum Gasteiger partial charge on any atom is 0.324 e. The Morgan fingerprint density at radius 3 is 0.977 bits per heavy atom. The van der Waals surface area contributed by atoms with Gasteiger partial charge in [-0.2, -0.15) is 0 Å². The average molecular weight is 615 g/mol. The van der Waals surface area contributed by atoms with Crippen LogP contribution in [0.5, 0.6) is 0 Å². The molecule has 0 heterocycles. The van der Waals surface area contributed by atoms with Crippen LogP contribution >= 0.6 is 0 Å². The van der Waals surface area contributed by atoms with Crippen LogP contribution in [0, 0.1) is 11.8 Å². The van der Waals surface area contributed by atoms with Gasteiger partial charge in [0, 0.05) is 0 Å². The quantitative estimate of drug-likeness (QED) is 0.0449. The summed E-state index contributed by atoms with van der Waals surface area (Å²) in [5.41, 5.74) is 0. The van der Waals surface area contributed by atoms with Crippen LogP contribution in [0.4, 0.5) is 0 Å². The molecule has 9 heteroatoms. The molecule has 0 aromatic carbocycles. The molecule has 0 aliphatic carbocycles. The maximum atomic E-state index is 12.9. The van der Waals surface area contributed by atoms with Crippen molar-refractivity contribution in [1.82, 2.24) is 0 Å². The first-order valence-corrected chi connectivity index (χ1v) is 17.2. The van der Waals surface area contributed by atoms with Gasteiger partial charge in [-0.25, -0.2) is 0 Å². The Labute approximate surface area is 260 Å². The van der Waals surface area contributed by atoms with E-state index in [2.05, 4.69) is 13.8 Å². The molecule has 0 spiro atoms. The van der Waals surface area contributed by atoms with Gasteiger partial charge < -0.3 is 25.2 Å². The van der Waals surface area contributed by atoms with E-state index in [0.29, 0.717) is 12.8 Å². The first-order valence-electron chi connectivity index (χ1n) is 17.2. The molecule has 0 saturated carbocycles. The fourth-order valence-electron chi connectivity index (χ4n) is 5.31. The minimum absolute atomic E-state index is 0.0504. The molecule has 252 valence electrons. The molecule has 9 nitrogen and oxygen atoms in total. The normalized spacial score (nSPS) is 14.2. The molecule has 0 aliphatic rings. The van der Waals surface area contributed by atoms with Crippen molar-refractivity contribution in [3.63, 3.8) is 0 Å². The van der Waals surface area contributed by atoms with Crippen molar-refractivity contribution in [3.05, 3.63) is 0 Å². The van der Waals surface area contributed by atoms with Crippen LogP contribution < -0.4 is 0 Å². The Hall–Kier alpha value is -1.68. The van der Waals surface area contributed by atoms with E-state index in [9.17, 15) is 39.6 Å². The third kappa shape index (κ3) is 20.1. The Kier molecular flexibility index (Phi) is 26.8. The SMILES string of the molecule is CCCCCCCCCCCCC(C(=O)OC(=O)C(CCCCCCCCCCCC)C(=O)C(O)CO)C(=O)C(O)CO. The molecular formula is C34H62O9. The molecule has 4 unspecified atom stereocenters. The van der Waals surface area contributed by atoms with Gasteiger partial charge in [-0.05, 0) is 12.8 Å². The average Bonchev–Trinajstić information content (AvgIpc) is 3.00. The first-order chi connectivity index (χ1) is 20.7. The second-order valence-electron chi connectivity index (χ2n) is 12.0. The van der Waals surface area contributed by atoms with Gasteiger partial charge in [-0.15, -0.1) is 0 Å². The molecule has 43 heavy (non-hydrogen) atoms.